The number of fused-ring (bicyclic) bond motifs is 5. The van der Waals surface area contributed by atoms with Crippen LogP contribution >= 0.6 is 0 Å². The van der Waals surface area contributed by atoms with Gasteiger partial charge in [0.15, 0.2) is 0 Å². The molecule has 2 bridgehead atoms. The normalized spacial score (nSPS) is 43.1. The van der Waals surface area contributed by atoms with Crippen LogP contribution in [0.3, 0.4) is 0 Å². The first-order valence-electron chi connectivity index (χ1n) is 8.61. The van der Waals surface area contributed by atoms with Crippen LogP contribution < -0.4 is 0 Å². The first-order chi connectivity index (χ1) is 9.83. The van der Waals surface area contributed by atoms with Gasteiger partial charge in [0.25, 0.3) is 0 Å². The second-order valence-electron chi connectivity index (χ2n) is 7.80. The zero-order valence-electron chi connectivity index (χ0n) is 12.0. The van der Waals surface area contributed by atoms with Crippen molar-refractivity contribution in [2.24, 2.45) is 29.6 Å². The minimum absolute atomic E-state index is 0.191. The highest BCUT2D eigenvalue weighted by atomic mass is 16.3. The summed E-state index contributed by atoms with van der Waals surface area (Å²) in [6.45, 7) is 0. The molecule has 20 heavy (non-hydrogen) atoms. The molecule has 5 rings (SSSR count). The van der Waals surface area contributed by atoms with Gasteiger partial charge in [-0.2, -0.15) is 0 Å². The van der Waals surface area contributed by atoms with Gasteiger partial charge in [-0.15, -0.1) is 0 Å². The molecular formula is C19H24O. The van der Waals surface area contributed by atoms with Gasteiger partial charge in [-0.3, -0.25) is 0 Å². The Bertz CT molecular complexity index is 499. The van der Waals surface area contributed by atoms with E-state index < -0.39 is 0 Å². The summed E-state index contributed by atoms with van der Waals surface area (Å²) in [5, 5.41) is 10.7. The maximum absolute atomic E-state index is 10.7. The number of aliphatic hydroxyl groups is 1. The molecule has 4 saturated carbocycles. The molecular weight excluding hydrogens is 244 g/mol. The minimum Gasteiger partial charge on any atom is -0.388 e. The first kappa shape index (κ1) is 11.8. The quantitative estimate of drug-likeness (QED) is 0.867. The van der Waals surface area contributed by atoms with Gasteiger partial charge in [-0.05, 0) is 78.7 Å². The van der Waals surface area contributed by atoms with Crippen molar-refractivity contribution in [1.29, 1.82) is 0 Å². The number of hydrogen-bond acceptors (Lipinski definition) is 1. The van der Waals surface area contributed by atoms with Crippen LogP contribution in [0.25, 0.3) is 0 Å². The molecule has 0 spiro atoms. The van der Waals surface area contributed by atoms with Crippen LogP contribution in [0.2, 0.25) is 0 Å². The summed E-state index contributed by atoms with van der Waals surface area (Å²) in [6, 6.07) is 8.95. The van der Waals surface area contributed by atoms with E-state index in [1.54, 1.807) is 0 Å². The number of rotatable bonds is 3. The lowest BCUT2D eigenvalue weighted by Gasteiger charge is -2.26. The van der Waals surface area contributed by atoms with E-state index in [9.17, 15) is 5.11 Å². The van der Waals surface area contributed by atoms with Crippen molar-refractivity contribution in [3.8, 4) is 0 Å². The van der Waals surface area contributed by atoms with Crippen molar-refractivity contribution in [3.05, 3.63) is 35.4 Å². The van der Waals surface area contributed by atoms with Crippen molar-refractivity contribution in [3.63, 3.8) is 0 Å². The Morgan fingerprint density at radius 1 is 0.900 bits per heavy atom. The standard InChI is InChI=1S/C19H24O/c20-19(18-16-14-8-9-15(10-14)17(16)18)13-6-4-12(5-7-13)11-2-1-3-11/h4-7,11,14-20H,1-3,8-10H2. The van der Waals surface area contributed by atoms with Crippen LogP contribution in [0.15, 0.2) is 24.3 Å². The van der Waals surface area contributed by atoms with E-state index in [1.807, 2.05) is 0 Å². The van der Waals surface area contributed by atoms with E-state index in [-0.39, 0.29) is 6.10 Å². The van der Waals surface area contributed by atoms with E-state index in [1.165, 1.54) is 49.7 Å². The number of hydrogen-bond donors (Lipinski definition) is 1. The van der Waals surface area contributed by atoms with Crippen LogP contribution in [-0.4, -0.2) is 5.11 Å². The summed E-state index contributed by atoms with van der Waals surface area (Å²) in [5.74, 6) is 5.05. The van der Waals surface area contributed by atoms with E-state index in [0.29, 0.717) is 5.92 Å². The zero-order valence-corrected chi connectivity index (χ0v) is 12.0. The fourth-order valence-corrected chi connectivity index (χ4v) is 5.74. The third-order valence-corrected chi connectivity index (χ3v) is 7.01. The van der Waals surface area contributed by atoms with Crippen LogP contribution in [0.1, 0.15) is 61.7 Å². The topological polar surface area (TPSA) is 20.2 Å². The van der Waals surface area contributed by atoms with E-state index in [2.05, 4.69) is 24.3 Å². The minimum atomic E-state index is -0.191. The summed E-state index contributed by atoms with van der Waals surface area (Å²) < 4.78 is 0. The fourth-order valence-electron chi connectivity index (χ4n) is 5.74. The molecule has 0 amide bonds. The lowest BCUT2D eigenvalue weighted by molar-refractivity contribution is 0.130. The lowest BCUT2D eigenvalue weighted by Crippen LogP contribution is -2.10. The van der Waals surface area contributed by atoms with Gasteiger partial charge in [-0.25, -0.2) is 0 Å². The molecule has 0 aromatic heterocycles. The zero-order chi connectivity index (χ0) is 13.3. The van der Waals surface area contributed by atoms with Crippen molar-refractivity contribution in [1.82, 2.24) is 0 Å². The molecule has 0 saturated heterocycles. The molecule has 5 atom stereocenters. The number of benzene rings is 1. The Kier molecular flexibility index (Phi) is 2.42. The van der Waals surface area contributed by atoms with E-state index >= 15 is 0 Å². The highest BCUT2D eigenvalue weighted by Gasteiger charge is 2.66. The van der Waals surface area contributed by atoms with Gasteiger partial charge >= 0.3 is 0 Å². The van der Waals surface area contributed by atoms with Gasteiger partial charge in [0, 0.05) is 0 Å². The predicted octanol–water partition coefficient (Wildman–Crippen LogP) is 4.28. The third-order valence-electron chi connectivity index (χ3n) is 7.01. The molecule has 0 aliphatic heterocycles. The molecule has 1 aromatic rings. The fraction of sp³-hybridized carbons (Fsp3) is 0.684. The molecule has 1 heteroatoms. The summed E-state index contributed by atoms with van der Waals surface area (Å²) in [6.07, 6.45) is 8.27. The Labute approximate surface area is 121 Å². The molecule has 4 aliphatic carbocycles. The molecule has 5 unspecified atom stereocenters. The molecule has 4 aliphatic rings. The summed E-state index contributed by atoms with van der Waals surface area (Å²) in [5.41, 5.74) is 2.66. The van der Waals surface area contributed by atoms with Crippen LogP contribution in [0.4, 0.5) is 0 Å². The SMILES string of the molecule is OC(c1ccc(C2CCC2)cc1)C1C2C3CCC(C3)C21. The second kappa shape index (κ2) is 4.10. The van der Waals surface area contributed by atoms with Crippen molar-refractivity contribution < 1.29 is 5.11 Å². The smallest absolute Gasteiger partial charge is 0.0823 e. The molecule has 0 heterocycles. The highest BCUT2D eigenvalue weighted by molar-refractivity contribution is 5.30. The Morgan fingerprint density at radius 3 is 2.10 bits per heavy atom. The predicted molar refractivity (Wildman–Crippen MR) is 79.3 cm³/mol. The molecule has 1 nitrogen and oxygen atoms in total. The van der Waals surface area contributed by atoms with Gasteiger partial charge in [-0.1, -0.05) is 30.7 Å². The molecule has 1 N–H and O–H groups in total. The number of aliphatic hydroxyl groups excluding tert-OH is 1. The average molecular weight is 268 g/mol. The van der Waals surface area contributed by atoms with Gasteiger partial charge in [0.2, 0.25) is 0 Å². The van der Waals surface area contributed by atoms with E-state index in [0.717, 1.165) is 29.6 Å². The average Bonchev–Trinajstić information content (AvgIpc) is 2.84. The molecule has 1 aromatic carbocycles. The molecule has 0 radical (unpaired) electrons. The van der Waals surface area contributed by atoms with Gasteiger partial charge in [0.05, 0.1) is 6.10 Å². The van der Waals surface area contributed by atoms with Crippen LogP contribution in [0, 0.1) is 29.6 Å². The Balaban J connectivity index is 1.33. The molecule has 4 fully saturated rings. The van der Waals surface area contributed by atoms with Gasteiger partial charge in [0.1, 0.15) is 0 Å². The lowest BCUT2D eigenvalue weighted by atomic mass is 9.79. The second-order valence-corrected chi connectivity index (χ2v) is 7.80. The van der Waals surface area contributed by atoms with Crippen molar-refractivity contribution >= 4 is 0 Å². The van der Waals surface area contributed by atoms with Crippen molar-refractivity contribution in [2.45, 2.75) is 50.5 Å². The summed E-state index contributed by atoms with van der Waals surface area (Å²) in [7, 11) is 0. The van der Waals surface area contributed by atoms with Crippen molar-refractivity contribution in [2.75, 3.05) is 0 Å². The maximum atomic E-state index is 10.7. The maximum Gasteiger partial charge on any atom is 0.0823 e. The summed E-state index contributed by atoms with van der Waals surface area (Å²) in [4.78, 5) is 0. The van der Waals surface area contributed by atoms with Crippen LogP contribution in [-0.2, 0) is 0 Å². The third kappa shape index (κ3) is 1.53. The first-order valence-corrected chi connectivity index (χ1v) is 8.61. The van der Waals surface area contributed by atoms with E-state index in [4.69, 9.17) is 0 Å². The Hall–Kier alpha value is -0.820. The van der Waals surface area contributed by atoms with Crippen LogP contribution in [0.5, 0.6) is 0 Å². The Morgan fingerprint density at radius 2 is 1.55 bits per heavy atom. The monoisotopic (exact) mass is 268 g/mol. The largest absolute Gasteiger partial charge is 0.388 e. The highest BCUT2D eigenvalue weighted by Crippen LogP contribution is 2.72. The summed E-state index contributed by atoms with van der Waals surface area (Å²) >= 11 is 0. The van der Waals surface area contributed by atoms with Gasteiger partial charge < -0.3 is 5.11 Å². The molecule has 106 valence electrons.